The lowest BCUT2D eigenvalue weighted by atomic mass is 10.0. The quantitative estimate of drug-likeness (QED) is 0.672. The Hall–Kier alpha value is -2.35. The third-order valence-electron chi connectivity index (χ3n) is 4.80. The monoisotopic (exact) mass is 302 g/mol. The van der Waals surface area contributed by atoms with Crippen LogP contribution in [0.1, 0.15) is 25.3 Å². The molecule has 0 amide bonds. The van der Waals surface area contributed by atoms with Crippen LogP contribution in [-0.2, 0) is 6.42 Å². The summed E-state index contributed by atoms with van der Waals surface area (Å²) in [5.74, 6) is 0. The van der Waals surface area contributed by atoms with E-state index in [-0.39, 0.29) is 0 Å². The van der Waals surface area contributed by atoms with Crippen molar-refractivity contribution in [2.45, 2.75) is 26.2 Å². The number of aryl methyl sites for hydroxylation is 1. The van der Waals surface area contributed by atoms with Crippen LogP contribution in [-0.4, -0.2) is 18.1 Å². The third-order valence-corrected chi connectivity index (χ3v) is 4.80. The molecule has 0 radical (unpaired) electrons. The Morgan fingerprint density at radius 3 is 2.43 bits per heavy atom. The van der Waals surface area contributed by atoms with Gasteiger partial charge in [-0.25, -0.2) is 4.98 Å². The lowest BCUT2D eigenvalue weighted by Gasteiger charge is -2.21. The van der Waals surface area contributed by atoms with E-state index in [1.165, 1.54) is 35.0 Å². The van der Waals surface area contributed by atoms with E-state index >= 15 is 0 Å². The van der Waals surface area contributed by atoms with E-state index in [2.05, 4.69) is 66.4 Å². The van der Waals surface area contributed by atoms with Gasteiger partial charge in [0, 0.05) is 29.7 Å². The smallest absolute Gasteiger partial charge is 0.0730 e. The highest BCUT2D eigenvalue weighted by atomic mass is 15.1. The second-order valence-corrected chi connectivity index (χ2v) is 6.29. The molecule has 0 saturated carbocycles. The number of pyridine rings is 1. The molecule has 2 aromatic carbocycles. The van der Waals surface area contributed by atoms with Crippen LogP contribution in [0.4, 0.5) is 5.69 Å². The van der Waals surface area contributed by atoms with Crippen LogP contribution in [0, 0.1) is 0 Å². The summed E-state index contributed by atoms with van der Waals surface area (Å²) in [7, 11) is 0. The third kappa shape index (κ3) is 2.70. The fraction of sp³-hybridized carbons (Fsp3) is 0.286. The molecule has 1 aliphatic rings. The molecule has 0 aliphatic carbocycles. The van der Waals surface area contributed by atoms with Gasteiger partial charge < -0.3 is 4.90 Å². The van der Waals surface area contributed by atoms with Crippen molar-refractivity contribution in [3.63, 3.8) is 0 Å². The van der Waals surface area contributed by atoms with Gasteiger partial charge in [0.1, 0.15) is 0 Å². The molecule has 0 bridgehead atoms. The molecule has 3 aromatic rings. The van der Waals surface area contributed by atoms with Crippen LogP contribution in [0.25, 0.3) is 22.2 Å². The summed E-state index contributed by atoms with van der Waals surface area (Å²) in [4.78, 5) is 7.41. The molecule has 0 N–H and O–H groups in total. The number of nitrogens with zero attached hydrogens (tertiary/aromatic N) is 2. The number of fused-ring (bicyclic) bond motifs is 1. The van der Waals surface area contributed by atoms with E-state index in [0.717, 1.165) is 30.7 Å². The van der Waals surface area contributed by atoms with Crippen molar-refractivity contribution in [3.05, 3.63) is 60.2 Å². The number of para-hydroxylation sites is 1. The number of rotatable bonds is 3. The molecule has 0 unspecified atom stereocenters. The van der Waals surface area contributed by atoms with Gasteiger partial charge >= 0.3 is 0 Å². The van der Waals surface area contributed by atoms with Gasteiger partial charge in [-0.2, -0.15) is 0 Å². The van der Waals surface area contributed by atoms with Crippen LogP contribution >= 0.6 is 0 Å². The standard InChI is InChI=1S/C21H22N2/c1-2-16-9-11-17(12-10-16)20-15-21(23-13-5-6-14-23)18-7-3-4-8-19(18)22-20/h3-4,7-12,15H,2,5-6,13-14H2,1H3. The molecule has 1 aromatic heterocycles. The SMILES string of the molecule is CCc1ccc(-c2cc(N3CCCC3)c3ccccc3n2)cc1. The van der Waals surface area contributed by atoms with E-state index in [0.29, 0.717) is 0 Å². The molecule has 116 valence electrons. The fourth-order valence-corrected chi connectivity index (χ4v) is 3.44. The van der Waals surface area contributed by atoms with E-state index in [1.54, 1.807) is 0 Å². The maximum atomic E-state index is 4.91. The predicted octanol–water partition coefficient (Wildman–Crippen LogP) is 5.06. The van der Waals surface area contributed by atoms with Crippen molar-refractivity contribution < 1.29 is 0 Å². The first-order valence-electron chi connectivity index (χ1n) is 8.59. The minimum atomic E-state index is 1.07. The van der Waals surface area contributed by atoms with Crippen LogP contribution in [0.15, 0.2) is 54.6 Å². The molecule has 2 heteroatoms. The second kappa shape index (κ2) is 6.04. The van der Waals surface area contributed by atoms with Crippen LogP contribution in [0.3, 0.4) is 0 Å². The summed E-state index contributed by atoms with van der Waals surface area (Å²) in [6.45, 7) is 4.50. The first-order chi connectivity index (χ1) is 11.3. The first kappa shape index (κ1) is 14.3. The topological polar surface area (TPSA) is 16.1 Å². The Balaban J connectivity index is 1.86. The van der Waals surface area contributed by atoms with Crippen molar-refractivity contribution in [3.8, 4) is 11.3 Å². The Kier molecular flexibility index (Phi) is 3.74. The van der Waals surface area contributed by atoms with E-state index in [4.69, 9.17) is 4.98 Å². The lowest BCUT2D eigenvalue weighted by Crippen LogP contribution is -2.18. The highest BCUT2D eigenvalue weighted by molar-refractivity contribution is 5.94. The second-order valence-electron chi connectivity index (χ2n) is 6.29. The Labute approximate surface area is 137 Å². The van der Waals surface area contributed by atoms with Gasteiger partial charge in [0.15, 0.2) is 0 Å². The average Bonchev–Trinajstić information content (AvgIpc) is 3.15. The normalized spacial score (nSPS) is 14.6. The summed E-state index contributed by atoms with van der Waals surface area (Å²) >= 11 is 0. The minimum Gasteiger partial charge on any atom is -0.371 e. The highest BCUT2D eigenvalue weighted by Gasteiger charge is 2.16. The molecule has 2 nitrogen and oxygen atoms in total. The molecule has 1 saturated heterocycles. The molecule has 4 rings (SSSR count). The molecule has 1 aliphatic heterocycles. The lowest BCUT2D eigenvalue weighted by molar-refractivity contribution is 0.949. The molecule has 2 heterocycles. The number of hydrogen-bond donors (Lipinski definition) is 0. The van der Waals surface area contributed by atoms with E-state index < -0.39 is 0 Å². The van der Waals surface area contributed by atoms with Gasteiger partial charge in [-0.1, -0.05) is 49.4 Å². The largest absolute Gasteiger partial charge is 0.371 e. The van der Waals surface area contributed by atoms with E-state index in [9.17, 15) is 0 Å². The zero-order chi connectivity index (χ0) is 15.6. The number of aromatic nitrogens is 1. The zero-order valence-corrected chi connectivity index (χ0v) is 13.6. The number of hydrogen-bond acceptors (Lipinski definition) is 2. The van der Waals surface area contributed by atoms with Crippen molar-refractivity contribution in [2.75, 3.05) is 18.0 Å². The average molecular weight is 302 g/mol. The van der Waals surface area contributed by atoms with Crippen LogP contribution in [0.2, 0.25) is 0 Å². The molecule has 23 heavy (non-hydrogen) atoms. The molecular formula is C21H22N2. The fourth-order valence-electron chi connectivity index (χ4n) is 3.44. The Morgan fingerprint density at radius 2 is 1.70 bits per heavy atom. The summed E-state index contributed by atoms with van der Waals surface area (Å²) in [5.41, 5.74) is 6.07. The molecule has 1 fully saturated rings. The summed E-state index contributed by atoms with van der Waals surface area (Å²) in [5, 5.41) is 1.27. The van der Waals surface area contributed by atoms with Crippen molar-refractivity contribution in [1.29, 1.82) is 0 Å². The van der Waals surface area contributed by atoms with Crippen LogP contribution in [0.5, 0.6) is 0 Å². The summed E-state index contributed by atoms with van der Waals surface area (Å²) < 4.78 is 0. The predicted molar refractivity (Wildman–Crippen MR) is 98.0 cm³/mol. The van der Waals surface area contributed by atoms with Gasteiger partial charge in [0.2, 0.25) is 0 Å². The zero-order valence-electron chi connectivity index (χ0n) is 13.6. The minimum absolute atomic E-state index is 1.07. The van der Waals surface area contributed by atoms with Crippen molar-refractivity contribution >= 4 is 16.6 Å². The van der Waals surface area contributed by atoms with Crippen molar-refractivity contribution in [2.24, 2.45) is 0 Å². The van der Waals surface area contributed by atoms with Gasteiger partial charge in [0.05, 0.1) is 11.2 Å². The van der Waals surface area contributed by atoms with E-state index in [1.807, 2.05) is 0 Å². The Morgan fingerprint density at radius 1 is 0.957 bits per heavy atom. The van der Waals surface area contributed by atoms with Crippen LogP contribution < -0.4 is 4.90 Å². The maximum absolute atomic E-state index is 4.91. The molecular weight excluding hydrogens is 280 g/mol. The molecule has 0 spiro atoms. The summed E-state index contributed by atoms with van der Waals surface area (Å²) in [6.07, 6.45) is 3.65. The van der Waals surface area contributed by atoms with Gasteiger partial charge in [-0.3, -0.25) is 0 Å². The molecule has 0 atom stereocenters. The first-order valence-corrected chi connectivity index (χ1v) is 8.59. The summed E-state index contributed by atoms with van der Waals surface area (Å²) in [6, 6.07) is 19.6. The van der Waals surface area contributed by atoms with Crippen molar-refractivity contribution in [1.82, 2.24) is 4.98 Å². The Bertz CT molecular complexity index is 815. The van der Waals surface area contributed by atoms with Gasteiger partial charge in [-0.05, 0) is 37.0 Å². The maximum Gasteiger partial charge on any atom is 0.0730 e. The highest BCUT2D eigenvalue weighted by Crippen LogP contribution is 2.32. The van der Waals surface area contributed by atoms with Gasteiger partial charge in [0.25, 0.3) is 0 Å². The van der Waals surface area contributed by atoms with Gasteiger partial charge in [-0.15, -0.1) is 0 Å². The number of benzene rings is 2. The number of anilines is 1.